The van der Waals surface area contributed by atoms with Gasteiger partial charge in [-0.15, -0.1) is 11.3 Å². The van der Waals surface area contributed by atoms with Crippen LogP contribution in [0.1, 0.15) is 16.0 Å². The number of halogens is 2. The van der Waals surface area contributed by atoms with Crippen LogP contribution in [0.3, 0.4) is 0 Å². The largest absolute Gasteiger partial charge is 0.347 e. The molecule has 5 rings (SSSR count). The van der Waals surface area contributed by atoms with Crippen molar-refractivity contribution in [3.05, 3.63) is 112 Å². The first kappa shape index (κ1) is 21.6. The van der Waals surface area contributed by atoms with Crippen molar-refractivity contribution in [3.8, 4) is 11.1 Å². The van der Waals surface area contributed by atoms with Crippen LogP contribution < -0.4 is 4.90 Å². The van der Waals surface area contributed by atoms with Crippen LogP contribution in [0.15, 0.2) is 84.9 Å². The summed E-state index contributed by atoms with van der Waals surface area (Å²) in [5, 5.41) is 1.16. The molecule has 2 aromatic heterocycles. The minimum atomic E-state index is -0.259. The Morgan fingerprint density at radius 3 is 1.97 bits per heavy atom. The maximum absolute atomic E-state index is 13.6. The molecule has 0 aliphatic carbocycles. The molecule has 3 nitrogen and oxygen atoms in total. The SMILES string of the molecule is Cc1sc2nc(Cl)nc(N(Cc3ccccc3)Cc3ccccc3)c2c1-c1ccc(F)cc1. The Morgan fingerprint density at radius 1 is 0.818 bits per heavy atom. The molecule has 0 amide bonds. The van der Waals surface area contributed by atoms with Crippen molar-refractivity contribution in [1.29, 1.82) is 0 Å². The lowest BCUT2D eigenvalue weighted by Gasteiger charge is -2.25. The molecule has 0 saturated heterocycles. The lowest BCUT2D eigenvalue weighted by atomic mass is 10.0. The molecule has 2 heterocycles. The summed E-state index contributed by atoms with van der Waals surface area (Å²) in [5.41, 5.74) is 4.30. The molecule has 3 aromatic carbocycles. The third-order valence-corrected chi connectivity index (χ3v) is 6.71. The Labute approximate surface area is 201 Å². The van der Waals surface area contributed by atoms with Gasteiger partial charge in [-0.1, -0.05) is 72.8 Å². The first-order chi connectivity index (χ1) is 16.1. The highest BCUT2D eigenvalue weighted by Gasteiger charge is 2.22. The first-order valence-corrected chi connectivity index (χ1v) is 11.8. The van der Waals surface area contributed by atoms with Crippen molar-refractivity contribution in [2.24, 2.45) is 0 Å². The quantitative estimate of drug-likeness (QED) is 0.237. The van der Waals surface area contributed by atoms with Gasteiger partial charge in [0.15, 0.2) is 0 Å². The van der Waals surface area contributed by atoms with Crippen LogP contribution in [0.5, 0.6) is 0 Å². The monoisotopic (exact) mass is 473 g/mol. The number of anilines is 1. The van der Waals surface area contributed by atoms with E-state index in [1.807, 2.05) is 36.4 Å². The van der Waals surface area contributed by atoms with Crippen molar-refractivity contribution >= 4 is 39.0 Å². The van der Waals surface area contributed by atoms with Gasteiger partial charge in [0, 0.05) is 23.5 Å². The number of hydrogen-bond donors (Lipinski definition) is 0. The van der Waals surface area contributed by atoms with Gasteiger partial charge in [-0.05, 0) is 47.3 Å². The summed E-state index contributed by atoms with van der Waals surface area (Å²) < 4.78 is 13.6. The van der Waals surface area contributed by atoms with E-state index in [1.165, 1.54) is 23.3 Å². The summed E-state index contributed by atoms with van der Waals surface area (Å²) >= 11 is 7.99. The lowest BCUT2D eigenvalue weighted by molar-refractivity contribution is 0.628. The minimum absolute atomic E-state index is 0.218. The summed E-state index contributed by atoms with van der Waals surface area (Å²) in [5.74, 6) is 0.520. The van der Waals surface area contributed by atoms with E-state index in [0.29, 0.717) is 13.1 Å². The highest BCUT2D eigenvalue weighted by atomic mass is 35.5. The Balaban J connectivity index is 1.70. The predicted molar refractivity (Wildman–Crippen MR) is 135 cm³/mol. The van der Waals surface area contributed by atoms with Gasteiger partial charge >= 0.3 is 0 Å². The molecule has 0 radical (unpaired) electrons. The predicted octanol–water partition coefficient (Wildman–Crippen LogP) is 7.67. The van der Waals surface area contributed by atoms with E-state index < -0.39 is 0 Å². The molecule has 0 aliphatic heterocycles. The number of thiophene rings is 1. The zero-order valence-electron chi connectivity index (χ0n) is 18.0. The smallest absolute Gasteiger partial charge is 0.225 e. The summed E-state index contributed by atoms with van der Waals surface area (Å²) in [6.45, 7) is 3.38. The molecule has 5 aromatic rings. The van der Waals surface area contributed by atoms with E-state index in [2.05, 4.69) is 41.1 Å². The summed E-state index contributed by atoms with van der Waals surface area (Å²) in [4.78, 5) is 13.4. The number of benzene rings is 3. The molecule has 0 aliphatic rings. The molecule has 0 unspecified atom stereocenters. The van der Waals surface area contributed by atoms with Crippen molar-refractivity contribution in [3.63, 3.8) is 0 Å². The van der Waals surface area contributed by atoms with E-state index in [1.54, 1.807) is 23.5 Å². The summed E-state index contributed by atoms with van der Waals surface area (Å²) in [6.07, 6.45) is 0. The number of aryl methyl sites for hydroxylation is 1. The number of fused-ring (bicyclic) bond motifs is 1. The minimum Gasteiger partial charge on any atom is -0.347 e. The van der Waals surface area contributed by atoms with E-state index in [0.717, 1.165) is 32.0 Å². The van der Waals surface area contributed by atoms with Crippen LogP contribution >= 0.6 is 22.9 Å². The number of aromatic nitrogens is 2. The maximum atomic E-state index is 13.6. The second kappa shape index (κ2) is 9.30. The van der Waals surface area contributed by atoms with Crippen molar-refractivity contribution in [2.45, 2.75) is 20.0 Å². The normalized spacial score (nSPS) is 11.1. The maximum Gasteiger partial charge on any atom is 0.225 e. The molecular formula is C27H21ClFN3S. The molecule has 0 spiro atoms. The molecule has 6 heteroatoms. The van der Waals surface area contributed by atoms with Crippen molar-refractivity contribution in [2.75, 3.05) is 4.90 Å². The van der Waals surface area contributed by atoms with Crippen LogP contribution in [0.4, 0.5) is 10.2 Å². The van der Waals surface area contributed by atoms with E-state index >= 15 is 0 Å². The highest BCUT2D eigenvalue weighted by Crippen LogP contribution is 2.42. The molecule has 0 saturated carbocycles. The Hall–Kier alpha value is -3.28. The standard InChI is InChI=1S/C27H21ClFN3S/c1-18-23(21-12-14-22(29)15-13-21)24-25(30-27(28)31-26(24)33-18)32(16-19-8-4-2-5-9-19)17-20-10-6-3-7-11-20/h2-15H,16-17H2,1H3. The molecular weight excluding hydrogens is 453 g/mol. The van der Waals surface area contributed by atoms with Gasteiger partial charge in [0.25, 0.3) is 0 Å². The van der Waals surface area contributed by atoms with Gasteiger partial charge in [-0.3, -0.25) is 0 Å². The zero-order chi connectivity index (χ0) is 22.8. The second-order valence-electron chi connectivity index (χ2n) is 7.86. The second-order valence-corrected chi connectivity index (χ2v) is 9.41. The van der Waals surface area contributed by atoms with Crippen LogP contribution in [0.25, 0.3) is 21.3 Å². The third kappa shape index (κ3) is 4.61. The van der Waals surface area contributed by atoms with Crippen LogP contribution in [-0.2, 0) is 13.1 Å². The van der Waals surface area contributed by atoms with Gasteiger partial charge in [0.05, 0.1) is 5.39 Å². The Bertz CT molecular complexity index is 1340. The zero-order valence-corrected chi connectivity index (χ0v) is 19.6. The average molecular weight is 474 g/mol. The fourth-order valence-corrected chi connectivity index (χ4v) is 5.33. The summed E-state index contributed by atoms with van der Waals surface area (Å²) in [7, 11) is 0. The molecule has 0 fully saturated rings. The Kier molecular flexibility index (Phi) is 6.07. The fraction of sp³-hybridized carbons (Fsp3) is 0.111. The molecule has 164 valence electrons. The molecule has 0 bridgehead atoms. The van der Waals surface area contributed by atoms with Gasteiger partial charge in [-0.2, -0.15) is 4.98 Å². The number of rotatable bonds is 6. The fourth-order valence-electron chi connectivity index (χ4n) is 4.07. The van der Waals surface area contributed by atoms with E-state index in [4.69, 9.17) is 16.6 Å². The summed E-state index contributed by atoms with van der Waals surface area (Å²) in [6, 6.07) is 27.2. The van der Waals surface area contributed by atoms with Crippen molar-refractivity contribution < 1.29 is 4.39 Å². The van der Waals surface area contributed by atoms with Gasteiger partial charge < -0.3 is 4.90 Å². The van der Waals surface area contributed by atoms with E-state index in [9.17, 15) is 4.39 Å². The van der Waals surface area contributed by atoms with Crippen LogP contribution in [0.2, 0.25) is 5.28 Å². The third-order valence-electron chi connectivity index (χ3n) is 5.55. The number of hydrogen-bond acceptors (Lipinski definition) is 4. The van der Waals surface area contributed by atoms with Crippen molar-refractivity contribution in [1.82, 2.24) is 9.97 Å². The van der Waals surface area contributed by atoms with Crippen LogP contribution in [-0.4, -0.2) is 9.97 Å². The molecule has 0 N–H and O–H groups in total. The van der Waals surface area contributed by atoms with E-state index in [-0.39, 0.29) is 11.1 Å². The van der Waals surface area contributed by atoms with Gasteiger partial charge in [0.2, 0.25) is 5.28 Å². The van der Waals surface area contributed by atoms with Gasteiger partial charge in [-0.25, -0.2) is 9.37 Å². The first-order valence-electron chi connectivity index (χ1n) is 10.6. The highest BCUT2D eigenvalue weighted by molar-refractivity contribution is 7.19. The Morgan fingerprint density at radius 2 is 1.39 bits per heavy atom. The lowest BCUT2D eigenvalue weighted by Crippen LogP contribution is -2.23. The average Bonchev–Trinajstić information content (AvgIpc) is 3.15. The molecule has 33 heavy (non-hydrogen) atoms. The van der Waals surface area contributed by atoms with Gasteiger partial charge in [0.1, 0.15) is 16.5 Å². The molecule has 0 atom stereocenters. The number of nitrogens with zero attached hydrogens (tertiary/aromatic N) is 3. The van der Waals surface area contributed by atoms with Crippen LogP contribution in [0, 0.1) is 12.7 Å². The topological polar surface area (TPSA) is 29.0 Å².